The maximum Gasteiger partial charge on any atom is 0.0325 e. The summed E-state index contributed by atoms with van der Waals surface area (Å²) in [6.07, 6.45) is 3.78. The van der Waals surface area contributed by atoms with Crippen LogP contribution in [0.3, 0.4) is 0 Å². The standard InChI is InChI=1S/C19H23N/c1-14-6-10-16(11-7-14)18-4-3-5-19(20-18)17-12-8-15(2)9-13-17/h6-13,18-20H,3-5H2,1-2H3. The van der Waals surface area contributed by atoms with E-state index in [1.807, 2.05) is 0 Å². The zero-order chi connectivity index (χ0) is 13.9. The van der Waals surface area contributed by atoms with Gasteiger partial charge in [0.2, 0.25) is 0 Å². The van der Waals surface area contributed by atoms with Gasteiger partial charge in [-0.2, -0.15) is 0 Å². The van der Waals surface area contributed by atoms with Gasteiger partial charge in [-0.1, -0.05) is 59.7 Å². The Morgan fingerprint density at radius 2 is 1.10 bits per heavy atom. The van der Waals surface area contributed by atoms with Crippen LogP contribution in [0.5, 0.6) is 0 Å². The zero-order valence-corrected chi connectivity index (χ0v) is 12.4. The largest absolute Gasteiger partial charge is 0.303 e. The molecule has 0 radical (unpaired) electrons. The van der Waals surface area contributed by atoms with Crippen LogP contribution in [0.15, 0.2) is 48.5 Å². The Balaban J connectivity index is 1.76. The van der Waals surface area contributed by atoms with E-state index in [2.05, 4.69) is 67.7 Å². The lowest BCUT2D eigenvalue weighted by Crippen LogP contribution is -2.30. The Morgan fingerprint density at radius 3 is 1.50 bits per heavy atom. The van der Waals surface area contributed by atoms with E-state index in [0.29, 0.717) is 12.1 Å². The second-order valence-corrected chi connectivity index (χ2v) is 6.02. The number of nitrogens with one attached hydrogen (secondary N) is 1. The summed E-state index contributed by atoms with van der Waals surface area (Å²) in [5.41, 5.74) is 5.51. The average Bonchev–Trinajstić information content (AvgIpc) is 2.49. The Kier molecular flexibility index (Phi) is 3.88. The first-order chi connectivity index (χ1) is 9.72. The molecule has 3 rings (SSSR count). The molecule has 2 aromatic rings. The predicted molar refractivity (Wildman–Crippen MR) is 84.8 cm³/mol. The minimum absolute atomic E-state index is 0.496. The summed E-state index contributed by atoms with van der Waals surface area (Å²) in [5.74, 6) is 0. The van der Waals surface area contributed by atoms with E-state index in [4.69, 9.17) is 0 Å². The van der Waals surface area contributed by atoms with Crippen LogP contribution in [-0.4, -0.2) is 0 Å². The molecule has 0 bridgehead atoms. The predicted octanol–water partition coefficient (Wildman–Crippen LogP) is 4.86. The Hall–Kier alpha value is -1.60. The van der Waals surface area contributed by atoms with Crippen molar-refractivity contribution in [2.24, 2.45) is 0 Å². The van der Waals surface area contributed by atoms with E-state index in [1.165, 1.54) is 41.5 Å². The molecule has 1 heterocycles. The van der Waals surface area contributed by atoms with Crippen molar-refractivity contribution in [3.05, 3.63) is 70.8 Å². The molecule has 104 valence electrons. The van der Waals surface area contributed by atoms with Gasteiger partial charge in [0.15, 0.2) is 0 Å². The Morgan fingerprint density at radius 1 is 0.700 bits per heavy atom. The summed E-state index contributed by atoms with van der Waals surface area (Å²) in [5, 5.41) is 3.82. The van der Waals surface area contributed by atoms with Crippen LogP contribution >= 0.6 is 0 Å². The summed E-state index contributed by atoms with van der Waals surface area (Å²) in [6, 6.07) is 18.9. The topological polar surface area (TPSA) is 12.0 Å². The molecular formula is C19H23N. The Labute approximate surface area is 122 Å². The third kappa shape index (κ3) is 2.94. The Bertz CT molecular complexity index is 502. The summed E-state index contributed by atoms with van der Waals surface area (Å²) >= 11 is 0. The lowest BCUT2D eigenvalue weighted by Gasteiger charge is -2.32. The lowest BCUT2D eigenvalue weighted by atomic mass is 9.90. The average molecular weight is 265 g/mol. The number of hydrogen-bond donors (Lipinski definition) is 1. The number of aryl methyl sites for hydroxylation is 2. The fourth-order valence-corrected chi connectivity index (χ4v) is 3.06. The van der Waals surface area contributed by atoms with Crippen molar-refractivity contribution in [3.63, 3.8) is 0 Å². The number of piperidine rings is 1. The molecule has 2 unspecified atom stereocenters. The maximum absolute atomic E-state index is 3.82. The van der Waals surface area contributed by atoms with Crippen LogP contribution < -0.4 is 5.32 Å². The first kappa shape index (κ1) is 13.4. The molecule has 1 nitrogen and oxygen atoms in total. The van der Waals surface area contributed by atoms with Crippen molar-refractivity contribution in [1.82, 2.24) is 5.32 Å². The quantitative estimate of drug-likeness (QED) is 0.817. The number of benzene rings is 2. The highest BCUT2D eigenvalue weighted by Crippen LogP contribution is 2.32. The van der Waals surface area contributed by atoms with E-state index in [-0.39, 0.29) is 0 Å². The van der Waals surface area contributed by atoms with Crippen molar-refractivity contribution in [3.8, 4) is 0 Å². The van der Waals surface area contributed by atoms with Gasteiger partial charge in [0.05, 0.1) is 0 Å². The van der Waals surface area contributed by atoms with Crippen LogP contribution in [0, 0.1) is 13.8 Å². The molecule has 0 aliphatic carbocycles. The molecule has 0 spiro atoms. The molecule has 1 aliphatic heterocycles. The van der Waals surface area contributed by atoms with Crippen LogP contribution in [0.1, 0.15) is 53.6 Å². The van der Waals surface area contributed by atoms with Crippen LogP contribution in [-0.2, 0) is 0 Å². The van der Waals surface area contributed by atoms with Gasteiger partial charge in [-0.15, -0.1) is 0 Å². The summed E-state index contributed by atoms with van der Waals surface area (Å²) in [7, 11) is 0. The molecule has 0 amide bonds. The molecule has 2 aromatic carbocycles. The van der Waals surface area contributed by atoms with Gasteiger partial charge in [0.25, 0.3) is 0 Å². The first-order valence-corrected chi connectivity index (χ1v) is 7.61. The second-order valence-electron chi connectivity index (χ2n) is 6.02. The van der Waals surface area contributed by atoms with Crippen molar-refractivity contribution >= 4 is 0 Å². The van der Waals surface area contributed by atoms with E-state index in [9.17, 15) is 0 Å². The lowest BCUT2D eigenvalue weighted by molar-refractivity contribution is 0.330. The maximum atomic E-state index is 3.82. The normalized spacial score (nSPS) is 22.7. The molecular weight excluding hydrogens is 242 g/mol. The highest BCUT2D eigenvalue weighted by atomic mass is 15.0. The molecule has 1 fully saturated rings. The summed E-state index contributed by atoms with van der Waals surface area (Å²) in [6.45, 7) is 4.29. The third-order valence-corrected chi connectivity index (χ3v) is 4.35. The summed E-state index contributed by atoms with van der Waals surface area (Å²) < 4.78 is 0. The second kappa shape index (κ2) is 5.80. The molecule has 1 heteroatoms. The van der Waals surface area contributed by atoms with Gasteiger partial charge in [0, 0.05) is 12.1 Å². The van der Waals surface area contributed by atoms with Crippen LogP contribution in [0.4, 0.5) is 0 Å². The van der Waals surface area contributed by atoms with E-state index < -0.39 is 0 Å². The molecule has 1 N–H and O–H groups in total. The molecule has 0 saturated carbocycles. The monoisotopic (exact) mass is 265 g/mol. The smallest absolute Gasteiger partial charge is 0.0325 e. The van der Waals surface area contributed by atoms with E-state index in [1.54, 1.807) is 0 Å². The van der Waals surface area contributed by atoms with Crippen molar-refractivity contribution in [2.75, 3.05) is 0 Å². The van der Waals surface area contributed by atoms with Gasteiger partial charge in [-0.05, 0) is 44.2 Å². The van der Waals surface area contributed by atoms with Gasteiger partial charge >= 0.3 is 0 Å². The first-order valence-electron chi connectivity index (χ1n) is 7.61. The van der Waals surface area contributed by atoms with Crippen molar-refractivity contribution in [2.45, 2.75) is 45.2 Å². The number of rotatable bonds is 2. The van der Waals surface area contributed by atoms with Crippen molar-refractivity contribution < 1.29 is 0 Å². The molecule has 2 atom stereocenters. The highest BCUT2D eigenvalue weighted by Gasteiger charge is 2.23. The molecule has 1 aliphatic rings. The van der Waals surface area contributed by atoms with E-state index >= 15 is 0 Å². The SMILES string of the molecule is Cc1ccc(C2CCCC(c3ccc(C)cc3)N2)cc1. The zero-order valence-electron chi connectivity index (χ0n) is 12.4. The molecule has 0 aromatic heterocycles. The van der Waals surface area contributed by atoms with Crippen molar-refractivity contribution in [1.29, 1.82) is 0 Å². The fraction of sp³-hybridized carbons (Fsp3) is 0.368. The van der Waals surface area contributed by atoms with E-state index in [0.717, 1.165) is 0 Å². The molecule has 20 heavy (non-hydrogen) atoms. The number of hydrogen-bond acceptors (Lipinski definition) is 1. The summed E-state index contributed by atoms with van der Waals surface area (Å²) in [4.78, 5) is 0. The van der Waals surface area contributed by atoms with Gasteiger partial charge in [-0.25, -0.2) is 0 Å². The van der Waals surface area contributed by atoms with Crippen LogP contribution in [0.25, 0.3) is 0 Å². The fourth-order valence-electron chi connectivity index (χ4n) is 3.06. The minimum Gasteiger partial charge on any atom is -0.303 e. The van der Waals surface area contributed by atoms with Gasteiger partial charge in [-0.3, -0.25) is 0 Å². The third-order valence-electron chi connectivity index (χ3n) is 4.35. The van der Waals surface area contributed by atoms with Gasteiger partial charge < -0.3 is 5.32 Å². The highest BCUT2D eigenvalue weighted by molar-refractivity contribution is 5.27. The van der Waals surface area contributed by atoms with Crippen LogP contribution in [0.2, 0.25) is 0 Å². The van der Waals surface area contributed by atoms with Gasteiger partial charge in [0.1, 0.15) is 0 Å². The molecule has 1 saturated heterocycles. The minimum atomic E-state index is 0.496.